The van der Waals surface area contributed by atoms with Crippen molar-refractivity contribution in [2.45, 2.75) is 63.2 Å². The Morgan fingerprint density at radius 1 is 1.02 bits per heavy atom. The molecule has 0 spiro atoms. The number of amides is 2. The zero-order valence-corrected chi connectivity index (χ0v) is 22.3. The average Bonchev–Trinajstić information content (AvgIpc) is 3.42. The molecule has 4 aromatic rings. The molecule has 4 heterocycles. The van der Waals surface area contributed by atoms with E-state index < -0.39 is 17.8 Å². The molecule has 41 heavy (non-hydrogen) atoms. The van der Waals surface area contributed by atoms with Crippen LogP contribution in [0.3, 0.4) is 0 Å². The number of carbonyl (C=O) groups excluding carboxylic acids is 1. The van der Waals surface area contributed by atoms with Gasteiger partial charge in [-0.15, -0.1) is 5.10 Å². The number of aromatic nitrogens is 6. The molecule has 0 aliphatic heterocycles. The highest BCUT2D eigenvalue weighted by Crippen LogP contribution is 2.30. The first kappa shape index (κ1) is 26.5. The van der Waals surface area contributed by atoms with Crippen LogP contribution < -0.4 is 16.0 Å². The average molecular weight is 563 g/mol. The lowest BCUT2D eigenvalue weighted by atomic mass is 9.90. The maximum absolute atomic E-state index is 14.1. The van der Waals surface area contributed by atoms with Crippen molar-refractivity contribution >= 4 is 34.8 Å². The highest BCUT2D eigenvalue weighted by molar-refractivity contribution is 6.03. The van der Waals surface area contributed by atoms with Gasteiger partial charge < -0.3 is 30.5 Å². The third kappa shape index (κ3) is 6.05. The number of carbonyl (C=O) groups is 2. The number of fused-ring (bicyclic) bond motifs is 1. The van der Waals surface area contributed by atoms with E-state index in [1.54, 1.807) is 12.5 Å². The summed E-state index contributed by atoms with van der Waals surface area (Å²) in [6.45, 7) is 0.956. The molecule has 4 aromatic heterocycles. The molecule has 0 saturated heterocycles. The number of rotatable bonds is 10. The van der Waals surface area contributed by atoms with Crippen molar-refractivity contribution < 1.29 is 19.1 Å². The van der Waals surface area contributed by atoms with E-state index in [1.807, 2.05) is 16.8 Å². The second kappa shape index (κ2) is 11.4. The molecule has 13 nitrogen and oxygen atoms in total. The minimum atomic E-state index is -0.915. The summed E-state index contributed by atoms with van der Waals surface area (Å²) in [5.41, 5.74) is 1.44. The lowest BCUT2D eigenvalue weighted by molar-refractivity contribution is 0.101. The van der Waals surface area contributed by atoms with Gasteiger partial charge in [0.2, 0.25) is 0 Å². The normalized spacial score (nSPS) is 18.7. The number of halogens is 1. The molecule has 0 aromatic carbocycles. The summed E-state index contributed by atoms with van der Waals surface area (Å²) in [6, 6.07) is 3.64. The van der Waals surface area contributed by atoms with Gasteiger partial charge >= 0.3 is 6.09 Å². The van der Waals surface area contributed by atoms with Crippen LogP contribution in [-0.4, -0.2) is 75.8 Å². The third-order valence-electron chi connectivity index (χ3n) is 7.55. The van der Waals surface area contributed by atoms with Crippen LogP contribution in [0.15, 0.2) is 49.4 Å². The van der Waals surface area contributed by atoms with Crippen LogP contribution in [0.25, 0.3) is 5.65 Å². The van der Waals surface area contributed by atoms with Crippen molar-refractivity contribution in [2.75, 3.05) is 22.5 Å². The van der Waals surface area contributed by atoms with E-state index in [2.05, 4.69) is 36.0 Å². The molecule has 2 amide bonds. The fourth-order valence-corrected chi connectivity index (χ4v) is 5.23. The Labute approximate surface area is 234 Å². The molecule has 0 bridgehead atoms. The Morgan fingerprint density at radius 3 is 2.51 bits per heavy atom. The van der Waals surface area contributed by atoms with E-state index in [0.29, 0.717) is 30.6 Å². The molecular formula is C27H31FN10O3. The first-order chi connectivity index (χ1) is 19.9. The van der Waals surface area contributed by atoms with Crippen molar-refractivity contribution in [1.82, 2.24) is 34.0 Å². The predicted molar refractivity (Wildman–Crippen MR) is 148 cm³/mol. The molecule has 4 N–H and O–H groups in total. The van der Waals surface area contributed by atoms with Crippen molar-refractivity contribution in [3.63, 3.8) is 0 Å². The van der Waals surface area contributed by atoms with Gasteiger partial charge in [-0.25, -0.2) is 23.7 Å². The minimum Gasteiger partial charge on any atom is -0.465 e. The lowest BCUT2D eigenvalue weighted by Crippen LogP contribution is -2.44. The van der Waals surface area contributed by atoms with Gasteiger partial charge in [-0.2, -0.15) is 0 Å². The Morgan fingerprint density at radius 2 is 1.80 bits per heavy atom. The van der Waals surface area contributed by atoms with Gasteiger partial charge in [0.05, 0.1) is 30.1 Å². The van der Waals surface area contributed by atoms with E-state index in [4.69, 9.17) is 0 Å². The fourth-order valence-electron chi connectivity index (χ4n) is 5.23. The summed E-state index contributed by atoms with van der Waals surface area (Å²) < 4.78 is 17.4. The third-order valence-corrected chi connectivity index (χ3v) is 7.55. The van der Waals surface area contributed by atoms with E-state index >= 15 is 0 Å². The number of hydrogen-bond donors (Lipinski definition) is 4. The van der Waals surface area contributed by atoms with E-state index in [-0.39, 0.29) is 23.5 Å². The molecule has 0 atom stereocenters. The number of pyridine rings is 1. The highest BCUT2D eigenvalue weighted by atomic mass is 19.1. The van der Waals surface area contributed by atoms with Gasteiger partial charge in [0.25, 0.3) is 5.91 Å². The first-order valence-corrected chi connectivity index (χ1v) is 13.7. The first-order valence-electron chi connectivity index (χ1n) is 13.7. The second-order valence-corrected chi connectivity index (χ2v) is 10.5. The number of hydrogen-bond acceptors (Lipinski definition) is 8. The Kier molecular flexibility index (Phi) is 7.35. The molecule has 2 saturated carbocycles. The summed E-state index contributed by atoms with van der Waals surface area (Å²) in [5.74, 6) is -0.615. The largest absolute Gasteiger partial charge is 0.465 e. The topological polar surface area (TPSA) is 155 Å². The lowest BCUT2D eigenvalue weighted by Gasteiger charge is -2.35. The summed E-state index contributed by atoms with van der Waals surface area (Å²) in [6.07, 6.45) is 13.2. The Balaban J connectivity index is 1.16. The van der Waals surface area contributed by atoms with Crippen LogP contribution in [0.2, 0.25) is 0 Å². The van der Waals surface area contributed by atoms with E-state index in [0.717, 1.165) is 50.4 Å². The number of imidazole rings is 2. The quantitative estimate of drug-likeness (QED) is 0.226. The van der Waals surface area contributed by atoms with Gasteiger partial charge in [0.1, 0.15) is 5.82 Å². The summed E-state index contributed by atoms with van der Waals surface area (Å²) in [4.78, 5) is 38.7. The van der Waals surface area contributed by atoms with Crippen LogP contribution in [0.1, 0.15) is 49.0 Å². The van der Waals surface area contributed by atoms with E-state index in [1.165, 1.54) is 27.9 Å². The molecule has 2 aliphatic rings. The predicted octanol–water partition coefficient (Wildman–Crippen LogP) is 3.69. The van der Waals surface area contributed by atoms with Crippen LogP contribution in [0.4, 0.5) is 26.4 Å². The van der Waals surface area contributed by atoms with Gasteiger partial charge in [-0.3, -0.25) is 9.78 Å². The van der Waals surface area contributed by atoms with Gasteiger partial charge in [-0.1, -0.05) is 0 Å². The van der Waals surface area contributed by atoms with Crippen LogP contribution in [-0.2, 0) is 6.54 Å². The van der Waals surface area contributed by atoms with Crippen LogP contribution in [0, 0.1) is 5.82 Å². The van der Waals surface area contributed by atoms with Gasteiger partial charge in [0.15, 0.2) is 17.2 Å². The number of nitrogens with one attached hydrogen (secondary N) is 3. The zero-order valence-electron chi connectivity index (χ0n) is 22.3. The van der Waals surface area contributed by atoms with E-state index in [9.17, 15) is 19.1 Å². The Bertz CT molecular complexity index is 1530. The monoisotopic (exact) mass is 562 g/mol. The van der Waals surface area contributed by atoms with Crippen molar-refractivity contribution in [1.29, 1.82) is 0 Å². The smallest absolute Gasteiger partial charge is 0.407 e. The Hall–Kier alpha value is -4.75. The highest BCUT2D eigenvalue weighted by Gasteiger charge is 2.30. The molecule has 2 aliphatic carbocycles. The number of carboxylic acid groups (broad SMARTS) is 1. The molecule has 214 valence electrons. The van der Waals surface area contributed by atoms with Gasteiger partial charge in [-0.05, 0) is 44.6 Å². The van der Waals surface area contributed by atoms with Gasteiger partial charge in [0, 0.05) is 55.9 Å². The molecule has 2 fully saturated rings. The van der Waals surface area contributed by atoms with Crippen molar-refractivity contribution in [2.24, 2.45) is 0 Å². The second-order valence-electron chi connectivity index (χ2n) is 10.5. The molecule has 6 rings (SSSR count). The molecular weight excluding hydrogens is 531 g/mol. The SMILES string of the molecule is O=C(Nc1ccncc1F)c1cnc2c(NC3CC3)cc(NC3CCC(N(CCn4ccnc4)C(=O)O)CC3)nn12. The molecule has 14 heteroatoms. The molecule has 0 radical (unpaired) electrons. The van der Waals surface area contributed by atoms with Crippen molar-refractivity contribution in [3.05, 3.63) is 61.0 Å². The standard InChI is InChI=1S/C27H31FN10O3/c28-20-14-29-8-7-21(20)34-26(39)23-15-31-25-22(32-17-1-2-17)13-24(35-38(23)25)33-18-3-5-19(6-4-18)37(27(40)41)12-11-36-10-9-30-16-36/h7-10,13-19,32H,1-6,11-12H2,(H,33,35)(H,40,41)(H,29,34,39). The number of nitrogens with zero attached hydrogens (tertiary/aromatic N) is 7. The zero-order chi connectivity index (χ0) is 28.3. The maximum Gasteiger partial charge on any atom is 0.407 e. The van der Waals surface area contributed by atoms with Crippen LogP contribution in [0.5, 0.6) is 0 Å². The maximum atomic E-state index is 14.1. The van der Waals surface area contributed by atoms with Crippen molar-refractivity contribution in [3.8, 4) is 0 Å². The summed E-state index contributed by atoms with van der Waals surface area (Å²) in [5, 5.41) is 24.0. The van der Waals surface area contributed by atoms with Crippen LogP contribution >= 0.6 is 0 Å². The number of anilines is 3. The fraction of sp³-hybridized carbons (Fsp3) is 0.407. The molecule has 0 unspecified atom stereocenters. The minimum absolute atomic E-state index is 0.0164. The summed E-state index contributed by atoms with van der Waals surface area (Å²) in [7, 11) is 0. The summed E-state index contributed by atoms with van der Waals surface area (Å²) >= 11 is 0.